The summed E-state index contributed by atoms with van der Waals surface area (Å²) in [6.45, 7) is 0. The van der Waals surface area contributed by atoms with E-state index in [0.717, 1.165) is 19.2 Å². The number of rotatable bonds is 2. The van der Waals surface area contributed by atoms with E-state index in [0.29, 0.717) is 11.1 Å². The molecule has 0 aliphatic heterocycles. The Labute approximate surface area is 114 Å². The Bertz CT molecular complexity index is 697. The van der Waals surface area contributed by atoms with Crippen molar-refractivity contribution in [2.45, 2.75) is 0 Å². The molecule has 0 fully saturated rings. The van der Waals surface area contributed by atoms with E-state index < -0.39 is 23.2 Å². The SMILES string of the molecule is COC(=O)c1c(F)cc(-c2cccc(C#N)c2)cc1F. The van der Waals surface area contributed by atoms with Crippen molar-refractivity contribution in [1.82, 2.24) is 0 Å². The third-order valence-electron chi connectivity index (χ3n) is 2.76. The van der Waals surface area contributed by atoms with E-state index >= 15 is 0 Å². The van der Waals surface area contributed by atoms with Crippen molar-refractivity contribution in [3.63, 3.8) is 0 Å². The van der Waals surface area contributed by atoms with Crippen molar-refractivity contribution < 1.29 is 18.3 Å². The molecule has 20 heavy (non-hydrogen) atoms. The van der Waals surface area contributed by atoms with Crippen molar-refractivity contribution >= 4 is 5.97 Å². The van der Waals surface area contributed by atoms with Gasteiger partial charge in [0.1, 0.15) is 17.2 Å². The Hall–Kier alpha value is -2.74. The fourth-order valence-corrected chi connectivity index (χ4v) is 1.81. The first-order valence-corrected chi connectivity index (χ1v) is 5.64. The van der Waals surface area contributed by atoms with E-state index in [1.54, 1.807) is 18.2 Å². The van der Waals surface area contributed by atoms with Gasteiger partial charge in [-0.25, -0.2) is 13.6 Å². The standard InChI is InChI=1S/C15H9F2NO2/c1-20-15(19)14-12(16)6-11(7-13(14)17)10-4-2-3-9(5-10)8-18/h2-7H,1H3. The first-order chi connectivity index (χ1) is 9.56. The Morgan fingerprint density at radius 3 is 2.35 bits per heavy atom. The molecule has 0 amide bonds. The van der Waals surface area contributed by atoms with Crippen LogP contribution in [0.3, 0.4) is 0 Å². The van der Waals surface area contributed by atoms with Crippen molar-refractivity contribution in [2.24, 2.45) is 0 Å². The topological polar surface area (TPSA) is 50.1 Å². The minimum atomic E-state index is -1.07. The highest BCUT2D eigenvalue weighted by molar-refractivity contribution is 5.90. The van der Waals surface area contributed by atoms with E-state index in [1.807, 2.05) is 6.07 Å². The highest BCUT2D eigenvalue weighted by Gasteiger charge is 2.19. The molecular weight excluding hydrogens is 264 g/mol. The molecule has 0 aliphatic rings. The second-order valence-electron chi connectivity index (χ2n) is 4.00. The summed E-state index contributed by atoms with van der Waals surface area (Å²) >= 11 is 0. The fourth-order valence-electron chi connectivity index (χ4n) is 1.81. The molecule has 0 spiro atoms. The summed E-state index contributed by atoms with van der Waals surface area (Å²) in [7, 11) is 1.05. The molecule has 5 heteroatoms. The number of carbonyl (C=O) groups is 1. The largest absolute Gasteiger partial charge is 0.465 e. The number of halogens is 2. The van der Waals surface area contributed by atoms with Crippen LogP contribution in [0.5, 0.6) is 0 Å². The summed E-state index contributed by atoms with van der Waals surface area (Å²) in [6.07, 6.45) is 0. The molecule has 2 rings (SSSR count). The van der Waals surface area contributed by atoms with Crippen LogP contribution >= 0.6 is 0 Å². The molecule has 0 aliphatic carbocycles. The first kappa shape index (κ1) is 13.7. The van der Waals surface area contributed by atoms with Gasteiger partial charge < -0.3 is 4.74 Å². The molecule has 0 saturated carbocycles. The van der Waals surface area contributed by atoms with Gasteiger partial charge >= 0.3 is 5.97 Å². The van der Waals surface area contributed by atoms with Gasteiger partial charge in [0.15, 0.2) is 0 Å². The van der Waals surface area contributed by atoms with Gasteiger partial charge in [0.25, 0.3) is 0 Å². The molecule has 0 N–H and O–H groups in total. The van der Waals surface area contributed by atoms with Crippen LogP contribution in [-0.4, -0.2) is 13.1 Å². The maximum Gasteiger partial charge on any atom is 0.343 e. The molecule has 0 aromatic heterocycles. The second kappa shape index (κ2) is 5.49. The number of nitrogens with zero attached hydrogens (tertiary/aromatic N) is 1. The van der Waals surface area contributed by atoms with Crippen molar-refractivity contribution in [1.29, 1.82) is 5.26 Å². The zero-order valence-electron chi connectivity index (χ0n) is 10.5. The number of esters is 1. The summed E-state index contributed by atoms with van der Waals surface area (Å²) in [5.41, 5.74) is 0.371. The molecule has 2 aromatic carbocycles. The minimum absolute atomic E-state index is 0.241. The molecule has 0 radical (unpaired) electrons. The molecular formula is C15H9F2NO2. The fraction of sp³-hybridized carbons (Fsp3) is 0.0667. The molecule has 0 atom stereocenters. The number of ether oxygens (including phenoxy) is 1. The predicted octanol–water partition coefficient (Wildman–Crippen LogP) is 3.29. The van der Waals surface area contributed by atoms with E-state index in [-0.39, 0.29) is 5.56 Å². The van der Waals surface area contributed by atoms with Crippen LogP contribution in [0.2, 0.25) is 0 Å². The minimum Gasteiger partial charge on any atom is -0.465 e. The molecule has 0 unspecified atom stereocenters. The summed E-state index contributed by atoms with van der Waals surface area (Å²) in [4.78, 5) is 11.3. The van der Waals surface area contributed by atoms with Crippen LogP contribution < -0.4 is 0 Å². The van der Waals surface area contributed by atoms with Crippen LogP contribution in [-0.2, 0) is 4.74 Å². The van der Waals surface area contributed by atoms with Crippen molar-refractivity contribution in [2.75, 3.05) is 7.11 Å². The molecule has 0 heterocycles. The zero-order chi connectivity index (χ0) is 14.7. The lowest BCUT2D eigenvalue weighted by Gasteiger charge is -2.07. The van der Waals surface area contributed by atoms with E-state index in [4.69, 9.17) is 5.26 Å². The Kier molecular flexibility index (Phi) is 3.76. The monoisotopic (exact) mass is 273 g/mol. The maximum absolute atomic E-state index is 13.8. The van der Waals surface area contributed by atoms with Gasteiger partial charge in [-0.05, 0) is 35.4 Å². The number of hydrogen-bond acceptors (Lipinski definition) is 3. The number of carbonyl (C=O) groups excluding carboxylic acids is 1. The molecule has 0 saturated heterocycles. The van der Waals surface area contributed by atoms with Gasteiger partial charge in [0.05, 0.1) is 18.7 Å². The van der Waals surface area contributed by atoms with Crippen LogP contribution in [0.1, 0.15) is 15.9 Å². The van der Waals surface area contributed by atoms with Crippen LogP contribution in [0, 0.1) is 23.0 Å². The molecule has 0 bridgehead atoms. The quantitative estimate of drug-likeness (QED) is 0.789. The second-order valence-corrected chi connectivity index (χ2v) is 4.00. The van der Waals surface area contributed by atoms with Crippen molar-refractivity contribution in [3.05, 3.63) is 59.2 Å². The van der Waals surface area contributed by atoms with Gasteiger partial charge in [-0.1, -0.05) is 12.1 Å². The first-order valence-electron chi connectivity index (χ1n) is 5.64. The lowest BCUT2D eigenvalue weighted by atomic mass is 10.0. The Morgan fingerprint density at radius 2 is 1.80 bits per heavy atom. The number of hydrogen-bond donors (Lipinski definition) is 0. The Morgan fingerprint density at radius 1 is 1.15 bits per heavy atom. The van der Waals surface area contributed by atoms with Crippen LogP contribution in [0.25, 0.3) is 11.1 Å². The number of nitriles is 1. The Balaban J connectivity index is 2.55. The lowest BCUT2D eigenvalue weighted by molar-refractivity contribution is 0.0590. The smallest absolute Gasteiger partial charge is 0.343 e. The van der Waals surface area contributed by atoms with Crippen molar-refractivity contribution in [3.8, 4) is 17.2 Å². The average molecular weight is 273 g/mol. The van der Waals surface area contributed by atoms with E-state index in [1.165, 1.54) is 6.07 Å². The van der Waals surface area contributed by atoms with Gasteiger partial charge in [-0.2, -0.15) is 5.26 Å². The molecule has 100 valence electrons. The predicted molar refractivity (Wildman–Crippen MR) is 67.8 cm³/mol. The summed E-state index contributed by atoms with van der Waals surface area (Å²) in [6, 6.07) is 10.3. The third-order valence-corrected chi connectivity index (χ3v) is 2.76. The van der Waals surface area contributed by atoms with E-state index in [2.05, 4.69) is 4.74 Å². The zero-order valence-corrected chi connectivity index (χ0v) is 10.5. The van der Waals surface area contributed by atoms with Gasteiger partial charge in [0.2, 0.25) is 0 Å². The molecule has 3 nitrogen and oxygen atoms in total. The summed E-state index contributed by atoms with van der Waals surface area (Å²) in [5, 5.41) is 8.81. The molecule has 2 aromatic rings. The highest BCUT2D eigenvalue weighted by Crippen LogP contribution is 2.25. The van der Waals surface area contributed by atoms with Gasteiger partial charge in [-0.3, -0.25) is 0 Å². The van der Waals surface area contributed by atoms with Crippen LogP contribution in [0.4, 0.5) is 8.78 Å². The summed E-state index contributed by atoms with van der Waals surface area (Å²) in [5.74, 6) is -3.08. The number of methoxy groups -OCH3 is 1. The average Bonchev–Trinajstić information content (AvgIpc) is 2.46. The van der Waals surface area contributed by atoms with Crippen LogP contribution in [0.15, 0.2) is 36.4 Å². The maximum atomic E-state index is 13.8. The lowest BCUT2D eigenvalue weighted by Crippen LogP contribution is -2.08. The van der Waals surface area contributed by atoms with Gasteiger partial charge in [-0.15, -0.1) is 0 Å². The number of benzene rings is 2. The third kappa shape index (κ3) is 2.50. The normalized spacial score (nSPS) is 9.90. The van der Waals surface area contributed by atoms with E-state index in [9.17, 15) is 13.6 Å². The van der Waals surface area contributed by atoms with Gasteiger partial charge in [0, 0.05) is 0 Å². The highest BCUT2D eigenvalue weighted by atomic mass is 19.1. The summed E-state index contributed by atoms with van der Waals surface area (Å²) < 4.78 is 31.9.